The summed E-state index contributed by atoms with van der Waals surface area (Å²) in [6, 6.07) is 17.5. The van der Waals surface area contributed by atoms with Crippen LogP contribution in [0.5, 0.6) is 17.2 Å². The maximum Gasteiger partial charge on any atom is 0.289 e. The van der Waals surface area contributed by atoms with Crippen LogP contribution < -0.4 is 14.2 Å². The Labute approximate surface area is 218 Å². The quantitative estimate of drug-likeness (QED) is 0.365. The molecular weight excluding hydrogens is 470 g/mol. The van der Waals surface area contributed by atoms with Crippen LogP contribution in [0.15, 0.2) is 65.3 Å². The van der Waals surface area contributed by atoms with Crippen molar-refractivity contribution in [2.45, 2.75) is 51.2 Å². The maximum absolute atomic E-state index is 13.6. The molecule has 1 aromatic heterocycles. The number of carbonyl (C=O) groups is 1. The molecule has 0 unspecified atom stereocenters. The molecule has 37 heavy (non-hydrogen) atoms. The molecule has 7 heteroatoms. The predicted molar refractivity (Wildman–Crippen MR) is 139 cm³/mol. The van der Waals surface area contributed by atoms with Crippen LogP contribution in [0, 0.1) is 5.92 Å². The lowest BCUT2D eigenvalue weighted by molar-refractivity contribution is -0.0488. The van der Waals surface area contributed by atoms with Gasteiger partial charge in [0.1, 0.15) is 5.75 Å². The number of para-hydroxylation sites is 1. The normalized spacial score (nSPS) is 20.7. The lowest BCUT2D eigenvalue weighted by Gasteiger charge is -2.44. The number of amides is 1. The van der Waals surface area contributed by atoms with Crippen LogP contribution in [-0.4, -0.2) is 44.0 Å². The van der Waals surface area contributed by atoms with E-state index in [1.165, 1.54) is 11.8 Å². The molecule has 1 amide bonds. The molecule has 0 spiro atoms. The van der Waals surface area contributed by atoms with Gasteiger partial charge >= 0.3 is 0 Å². The fourth-order valence-electron chi connectivity index (χ4n) is 5.49. The van der Waals surface area contributed by atoms with E-state index in [0.29, 0.717) is 37.1 Å². The second kappa shape index (κ2) is 10.9. The molecule has 2 aromatic carbocycles. The molecule has 0 bridgehead atoms. The van der Waals surface area contributed by atoms with Gasteiger partial charge in [0.25, 0.3) is 5.91 Å². The van der Waals surface area contributed by atoms with E-state index in [1.807, 2.05) is 35.2 Å². The summed E-state index contributed by atoms with van der Waals surface area (Å²) in [7, 11) is 1.72. The van der Waals surface area contributed by atoms with Gasteiger partial charge in [-0.2, -0.15) is 0 Å². The molecule has 2 aliphatic rings. The SMILES string of the molecule is COc1ccccc1[C@]1(CCN(Cc2ccc3c(c2)OCO3)C(=O)c2ccco2)CCO[C@H](C(C)C)C1. The summed E-state index contributed by atoms with van der Waals surface area (Å²) in [5.74, 6) is 2.90. The first-order valence-electron chi connectivity index (χ1n) is 13.0. The number of methoxy groups -OCH3 is 1. The van der Waals surface area contributed by atoms with Gasteiger partial charge in [-0.1, -0.05) is 38.1 Å². The lowest BCUT2D eigenvalue weighted by atomic mass is 9.68. The molecule has 2 atom stereocenters. The Balaban J connectivity index is 1.45. The number of benzene rings is 2. The van der Waals surface area contributed by atoms with Crippen molar-refractivity contribution < 1.29 is 28.2 Å². The number of nitrogens with zero attached hydrogens (tertiary/aromatic N) is 1. The summed E-state index contributed by atoms with van der Waals surface area (Å²) in [6.45, 7) is 6.29. The first-order valence-corrected chi connectivity index (χ1v) is 13.0. The van der Waals surface area contributed by atoms with E-state index in [1.54, 1.807) is 19.2 Å². The number of ether oxygens (including phenoxy) is 4. The van der Waals surface area contributed by atoms with E-state index < -0.39 is 0 Å². The highest BCUT2D eigenvalue weighted by molar-refractivity contribution is 5.91. The van der Waals surface area contributed by atoms with Gasteiger partial charge in [0.15, 0.2) is 17.3 Å². The van der Waals surface area contributed by atoms with E-state index in [2.05, 4.69) is 26.0 Å². The third-order valence-corrected chi connectivity index (χ3v) is 7.62. The number of carbonyl (C=O) groups excluding carboxylic acids is 1. The largest absolute Gasteiger partial charge is 0.496 e. The summed E-state index contributed by atoms with van der Waals surface area (Å²) in [5.41, 5.74) is 1.97. The van der Waals surface area contributed by atoms with Gasteiger partial charge in [-0.3, -0.25) is 4.79 Å². The minimum Gasteiger partial charge on any atom is -0.496 e. The van der Waals surface area contributed by atoms with E-state index >= 15 is 0 Å². The molecule has 2 aliphatic heterocycles. The third-order valence-electron chi connectivity index (χ3n) is 7.62. The average Bonchev–Trinajstić information content (AvgIpc) is 3.63. The molecule has 7 nitrogen and oxygen atoms in total. The van der Waals surface area contributed by atoms with E-state index in [-0.39, 0.29) is 24.2 Å². The summed E-state index contributed by atoms with van der Waals surface area (Å²) < 4.78 is 28.5. The van der Waals surface area contributed by atoms with Crippen molar-refractivity contribution in [3.63, 3.8) is 0 Å². The fraction of sp³-hybridized carbons (Fsp3) is 0.433. The molecule has 5 rings (SSSR count). The standard InChI is InChI=1S/C30H35NO6/c1-21(2)28-18-30(13-16-35-28,23-7-4-5-8-24(23)33-3)12-14-31(29(32)26-9-6-15-34-26)19-22-10-11-25-27(17-22)37-20-36-25/h4-11,15,17,21,28H,12-14,16,18-20H2,1-3H3/t28-,30+/m0/s1. The second-order valence-electron chi connectivity index (χ2n) is 10.2. The molecular formula is C30H35NO6. The number of fused-ring (bicyclic) bond motifs is 1. The van der Waals surface area contributed by atoms with Crippen LogP contribution in [0.4, 0.5) is 0 Å². The number of hydrogen-bond acceptors (Lipinski definition) is 6. The van der Waals surface area contributed by atoms with Crippen LogP contribution in [0.1, 0.15) is 54.8 Å². The second-order valence-corrected chi connectivity index (χ2v) is 10.2. The highest BCUT2D eigenvalue weighted by atomic mass is 16.7. The highest BCUT2D eigenvalue weighted by Gasteiger charge is 2.41. The van der Waals surface area contributed by atoms with Crippen molar-refractivity contribution in [3.8, 4) is 17.2 Å². The van der Waals surface area contributed by atoms with Crippen molar-refractivity contribution >= 4 is 5.91 Å². The first kappa shape index (κ1) is 25.2. The van der Waals surface area contributed by atoms with Crippen LogP contribution in [-0.2, 0) is 16.7 Å². The lowest BCUT2D eigenvalue weighted by Crippen LogP contribution is -2.44. The Morgan fingerprint density at radius 1 is 1.11 bits per heavy atom. The monoisotopic (exact) mass is 505 g/mol. The van der Waals surface area contributed by atoms with Crippen LogP contribution in [0.2, 0.25) is 0 Å². The zero-order chi connectivity index (χ0) is 25.8. The Hall–Kier alpha value is -3.45. The molecule has 0 aliphatic carbocycles. The predicted octanol–water partition coefficient (Wildman–Crippen LogP) is 5.82. The summed E-state index contributed by atoms with van der Waals surface area (Å²) in [6.07, 6.45) is 4.19. The van der Waals surface area contributed by atoms with E-state index in [0.717, 1.165) is 36.3 Å². The first-order chi connectivity index (χ1) is 18.0. The molecule has 3 heterocycles. The van der Waals surface area contributed by atoms with Crippen LogP contribution >= 0.6 is 0 Å². The number of rotatable bonds is 9. The van der Waals surface area contributed by atoms with Gasteiger partial charge in [0.05, 0.1) is 19.5 Å². The van der Waals surface area contributed by atoms with Gasteiger partial charge in [-0.25, -0.2) is 0 Å². The molecule has 0 saturated carbocycles. The molecule has 0 N–H and O–H groups in total. The van der Waals surface area contributed by atoms with Gasteiger partial charge < -0.3 is 28.3 Å². The van der Waals surface area contributed by atoms with Crippen molar-refractivity contribution in [1.82, 2.24) is 4.90 Å². The fourth-order valence-corrected chi connectivity index (χ4v) is 5.49. The van der Waals surface area contributed by atoms with E-state index in [4.69, 9.17) is 23.4 Å². The van der Waals surface area contributed by atoms with Crippen molar-refractivity contribution in [2.24, 2.45) is 5.92 Å². The van der Waals surface area contributed by atoms with E-state index in [9.17, 15) is 4.79 Å². The Bertz CT molecular complexity index is 1210. The van der Waals surface area contributed by atoms with Gasteiger partial charge in [0, 0.05) is 30.7 Å². The van der Waals surface area contributed by atoms with Crippen molar-refractivity contribution in [1.29, 1.82) is 0 Å². The van der Waals surface area contributed by atoms with Gasteiger partial charge in [-0.05, 0) is 61.1 Å². The molecule has 196 valence electrons. The smallest absolute Gasteiger partial charge is 0.289 e. The van der Waals surface area contributed by atoms with Gasteiger partial charge in [0.2, 0.25) is 6.79 Å². The molecule has 1 saturated heterocycles. The average molecular weight is 506 g/mol. The van der Waals surface area contributed by atoms with Crippen LogP contribution in [0.25, 0.3) is 0 Å². The zero-order valence-corrected chi connectivity index (χ0v) is 21.8. The topological polar surface area (TPSA) is 70.4 Å². The minimum atomic E-state index is -0.184. The number of furan rings is 1. The van der Waals surface area contributed by atoms with Gasteiger partial charge in [-0.15, -0.1) is 0 Å². The highest BCUT2D eigenvalue weighted by Crippen LogP contribution is 2.45. The van der Waals surface area contributed by atoms with Crippen molar-refractivity contribution in [3.05, 3.63) is 77.7 Å². The minimum absolute atomic E-state index is 0.134. The Kier molecular flexibility index (Phi) is 7.42. The Morgan fingerprint density at radius 3 is 2.73 bits per heavy atom. The molecule has 1 fully saturated rings. The Morgan fingerprint density at radius 2 is 1.95 bits per heavy atom. The summed E-state index contributed by atoms with van der Waals surface area (Å²) >= 11 is 0. The molecule has 0 radical (unpaired) electrons. The van der Waals surface area contributed by atoms with Crippen molar-refractivity contribution in [2.75, 3.05) is 27.1 Å². The summed E-state index contributed by atoms with van der Waals surface area (Å²) in [4.78, 5) is 15.4. The summed E-state index contributed by atoms with van der Waals surface area (Å²) in [5, 5.41) is 0. The third kappa shape index (κ3) is 5.32. The number of hydrogen-bond donors (Lipinski definition) is 0. The van der Waals surface area contributed by atoms with Crippen LogP contribution in [0.3, 0.4) is 0 Å². The maximum atomic E-state index is 13.6. The molecule has 3 aromatic rings. The zero-order valence-electron chi connectivity index (χ0n) is 21.8.